The second kappa shape index (κ2) is 9.49. The number of nitrogens with zero attached hydrogens (tertiary/aromatic N) is 2. The first-order chi connectivity index (χ1) is 13.0. The van der Waals surface area contributed by atoms with Crippen LogP contribution in [0.3, 0.4) is 0 Å². The molecule has 1 aromatic heterocycles. The van der Waals surface area contributed by atoms with Gasteiger partial charge in [-0.25, -0.2) is 0 Å². The predicted molar refractivity (Wildman–Crippen MR) is 111 cm³/mol. The first kappa shape index (κ1) is 20.1. The number of carbonyl (C=O) groups excluding carboxylic acids is 1. The summed E-state index contributed by atoms with van der Waals surface area (Å²) in [5.41, 5.74) is 1.93. The molecule has 1 aliphatic rings. The molecule has 0 unspecified atom stereocenters. The molecular weight excluding hydrogens is 356 g/mol. The van der Waals surface area contributed by atoms with E-state index in [9.17, 15) is 4.79 Å². The molecule has 2 aromatic rings. The maximum absolute atomic E-state index is 13.1. The van der Waals surface area contributed by atoms with E-state index in [0.29, 0.717) is 12.5 Å². The van der Waals surface area contributed by atoms with Gasteiger partial charge in [-0.3, -0.25) is 9.69 Å². The molecule has 1 saturated heterocycles. The molecule has 0 N–H and O–H groups in total. The lowest BCUT2D eigenvalue weighted by Gasteiger charge is -2.36. The highest BCUT2D eigenvalue weighted by Crippen LogP contribution is 2.17. The average Bonchev–Trinajstić information content (AvgIpc) is 3.14. The molecule has 4 nitrogen and oxygen atoms in total. The number of thiophene rings is 1. The highest BCUT2D eigenvalue weighted by molar-refractivity contribution is 7.09. The Labute approximate surface area is 166 Å². The number of rotatable bonds is 7. The predicted octanol–water partition coefficient (Wildman–Crippen LogP) is 4.06. The molecule has 5 heteroatoms. The zero-order valence-corrected chi connectivity index (χ0v) is 17.4. The molecule has 1 fully saturated rings. The summed E-state index contributed by atoms with van der Waals surface area (Å²) in [5.74, 6) is 0.521. The summed E-state index contributed by atoms with van der Waals surface area (Å²) in [6.45, 7) is 11.2. The molecule has 1 atom stereocenters. The molecule has 0 saturated carbocycles. The Morgan fingerprint density at radius 2 is 2.07 bits per heavy atom. The van der Waals surface area contributed by atoms with Crippen molar-refractivity contribution in [3.63, 3.8) is 0 Å². The van der Waals surface area contributed by atoms with Crippen LogP contribution in [0.5, 0.6) is 0 Å². The summed E-state index contributed by atoms with van der Waals surface area (Å²) in [5, 5.41) is 2.12. The maximum atomic E-state index is 13.1. The fraction of sp³-hybridized carbons (Fsp3) is 0.500. The number of amides is 1. The standard InChI is InChI=1S/C22H30N2O2S/c1-17(2)13-24(22(25)19-8-6-18(3)7-9-19)15-20-14-23(10-11-26-20)16-21-5-4-12-27-21/h4-9,12,17,20H,10-11,13-16H2,1-3H3/t20-/m0/s1. The van der Waals surface area contributed by atoms with Gasteiger partial charge in [0.05, 0.1) is 12.7 Å². The third-order valence-corrected chi connectivity index (χ3v) is 5.64. The van der Waals surface area contributed by atoms with Crippen LogP contribution >= 0.6 is 11.3 Å². The number of ether oxygens (including phenoxy) is 1. The SMILES string of the molecule is Cc1ccc(C(=O)N(CC(C)C)C[C@@H]2CN(Cc3cccs3)CCO2)cc1. The average molecular weight is 387 g/mol. The van der Waals surface area contributed by atoms with Crippen molar-refractivity contribution in [1.29, 1.82) is 0 Å². The number of hydrogen-bond acceptors (Lipinski definition) is 4. The van der Waals surface area contributed by atoms with Crippen LogP contribution < -0.4 is 0 Å². The van der Waals surface area contributed by atoms with E-state index in [4.69, 9.17) is 4.74 Å². The molecule has 0 spiro atoms. The number of carbonyl (C=O) groups is 1. The minimum Gasteiger partial charge on any atom is -0.374 e. The highest BCUT2D eigenvalue weighted by Gasteiger charge is 2.26. The summed E-state index contributed by atoms with van der Waals surface area (Å²) in [6, 6.07) is 12.1. The Bertz CT molecular complexity index is 712. The highest BCUT2D eigenvalue weighted by atomic mass is 32.1. The van der Waals surface area contributed by atoms with Crippen LogP contribution in [0.2, 0.25) is 0 Å². The van der Waals surface area contributed by atoms with Gasteiger partial charge < -0.3 is 9.64 Å². The molecule has 2 heterocycles. The van der Waals surface area contributed by atoms with Gasteiger partial charge in [0.15, 0.2) is 0 Å². The Kier molecular flexibility index (Phi) is 7.05. The van der Waals surface area contributed by atoms with Crippen LogP contribution in [0.25, 0.3) is 0 Å². The van der Waals surface area contributed by atoms with Crippen molar-refractivity contribution in [2.45, 2.75) is 33.4 Å². The van der Waals surface area contributed by atoms with Crippen molar-refractivity contribution in [1.82, 2.24) is 9.80 Å². The van der Waals surface area contributed by atoms with Crippen molar-refractivity contribution >= 4 is 17.2 Å². The van der Waals surface area contributed by atoms with E-state index in [1.165, 1.54) is 10.4 Å². The summed E-state index contributed by atoms with van der Waals surface area (Å²) in [6.07, 6.45) is 0.0619. The van der Waals surface area contributed by atoms with Crippen LogP contribution in [0.1, 0.15) is 34.6 Å². The van der Waals surface area contributed by atoms with Crippen molar-refractivity contribution in [3.8, 4) is 0 Å². The first-order valence-electron chi connectivity index (χ1n) is 9.73. The monoisotopic (exact) mass is 386 g/mol. The van der Waals surface area contributed by atoms with Crippen LogP contribution in [-0.4, -0.2) is 54.6 Å². The Morgan fingerprint density at radius 1 is 1.30 bits per heavy atom. The van der Waals surface area contributed by atoms with E-state index in [1.807, 2.05) is 36.1 Å². The molecule has 1 aliphatic heterocycles. The van der Waals surface area contributed by atoms with E-state index in [1.54, 1.807) is 11.3 Å². The molecule has 27 heavy (non-hydrogen) atoms. The number of hydrogen-bond donors (Lipinski definition) is 0. The minimum atomic E-state index is 0.0619. The lowest BCUT2D eigenvalue weighted by molar-refractivity contribution is -0.0435. The quantitative estimate of drug-likeness (QED) is 0.719. The fourth-order valence-corrected chi connectivity index (χ4v) is 4.21. The van der Waals surface area contributed by atoms with E-state index in [-0.39, 0.29) is 12.0 Å². The molecule has 0 radical (unpaired) electrons. The summed E-state index contributed by atoms with van der Waals surface area (Å²) in [4.78, 5) is 18.8. The first-order valence-corrected chi connectivity index (χ1v) is 10.6. The summed E-state index contributed by atoms with van der Waals surface area (Å²) >= 11 is 1.80. The topological polar surface area (TPSA) is 32.8 Å². The Morgan fingerprint density at radius 3 is 2.74 bits per heavy atom. The summed E-state index contributed by atoms with van der Waals surface area (Å²) in [7, 11) is 0. The second-order valence-corrected chi connectivity index (χ2v) is 8.81. The van der Waals surface area contributed by atoms with Gasteiger partial charge >= 0.3 is 0 Å². The van der Waals surface area contributed by atoms with Gasteiger partial charge in [0.1, 0.15) is 0 Å². The van der Waals surface area contributed by atoms with Crippen molar-refractivity contribution in [2.75, 3.05) is 32.8 Å². The zero-order valence-electron chi connectivity index (χ0n) is 16.6. The lowest BCUT2D eigenvalue weighted by atomic mass is 10.1. The molecule has 0 aliphatic carbocycles. The second-order valence-electron chi connectivity index (χ2n) is 7.78. The zero-order chi connectivity index (χ0) is 19.2. The third kappa shape index (κ3) is 5.89. The molecule has 3 rings (SSSR count). The third-order valence-electron chi connectivity index (χ3n) is 4.78. The Balaban J connectivity index is 1.64. The minimum absolute atomic E-state index is 0.0619. The van der Waals surface area contributed by atoms with E-state index < -0.39 is 0 Å². The van der Waals surface area contributed by atoms with Gasteiger partial charge in [0.2, 0.25) is 0 Å². The van der Waals surface area contributed by atoms with Crippen LogP contribution in [0.4, 0.5) is 0 Å². The van der Waals surface area contributed by atoms with Crippen molar-refractivity contribution in [3.05, 3.63) is 57.8 Å². The molecule has 0 bridgehead atoms. The molecule has 1 amide bonds. The molecule has 1 aromatic carbocycles. The van der Waals surface area contributed by atoms with Gasteiger partial charge in [0, 0.05) is 43.2 Å². The summed E-state index contributed by atoms with van der Waals surface area (Å²) < 4.78 is 6.01. The fourth-order valence-electron chi connectivity index (χ4n) is 3.46. The number of benzene rings is 1. The molecular formula is C22H30N2O2S. The smallest absolute Gasteiger partial charge is 0.253 e. The number of morpholine rings is 1. The maximum Gasteiger partial charge on any atom is 0.253 e. The van der Waals surface area contributed by atoms with E-state index >= 15 is 0 Å². The van der Waals surface area contributed by atoms with Crippen LogP contribution in [-0.2, 0) is 11.3 Å². The lowest BCUT2D eigenvalue weighted by Crippen LogP contribution is -2.49. The Hall–Kier alpha value is -1.69. The van der Waals surface area contributed by atoms with Gasteiger partial charge in [-0.05, 0) is 36.4 Å². The van der Waals surface area contributed by atoms with Crippen molar-refractivity contribution < 1.29 is 9.53 Å². The van der Waals surface area contributed by atoms with Gasteiger partial charge in [-0.2, -0.15) is 0 Å². The molecule has 146 valence electrons. The number of aryl methyl sites for hydroxylation is 1. The van der Waals surface area contributed by atoms with Crippen LogP contribution in [0.15, 0.2) is 41.8 Å². The largest absolute Gasteiger partial charge is 0.374 e. The van der Waals surface area contributed by atoms with Gasteiger partial charge in [-0.15, -0.1) is 11.3 Å². The van der Waals surface area contributed by atoms with Crippen LogP contribution in [0, 0.1) is 12.8 Å². The normalized spacial score (nSPS) is 18.0. The van der Waals surface area contributed by atoms with Gasteiger partial charge in [-0.1, -0.05) is 37.6 Å². The van der Waals surface area contributed by atoms with E-state index in [2.05, 4.69) is 36.3 Å². The van der Waals surface area contributed by atoms with Gasteiger partial charge in [0.25, 0.3) is 5.91 Å². The van der Waals surface area contributed by atoms with E-state index in [0.717, 1.165) is 38.3 Å². The van der Waals surface area contributed by atoms with Crippen molar-refractivity contribution in [2.24, 2.45) is 5.92 Å².